The van der Waals surface area contributed by atoms with Gasteiger partial charge in [0.05, 0.1) is 18.0 Å². The van der Waals surface area contributed by atoms with Crippen LogP contribution in [0.15, 0.2) is 60.7 Å². The Labute approximate surface area is 183 Å². The molecule has 0 aliphatic carbocycles. The normalized spacial score (nSPS) is 14.9. The molecule has 5 rings (SSSR count). The lowest BCUT2D eigenvalue weighted by Gasteiger charge is -2.31. The Bertz CT molecular complexity index is 1250. The highest BCUT2D eigenvalue weighted by atomic mass is 16.5. The highest BCUT2D eigenvalue weighted by molar-refractivity contribution is 5.90. The first kappa shape index (κ1) is 19.7. The number of nitrogens with zero attached hydrogens (tertiary/aromatic N) is 2. The SMILES string of the molecule is Cc1ccc2c(c1)-c1cc(C)nn1C(c1c(OCCC(C)C)ccc3ccccc13)N2. The first-order valence-electron chi connectivity index (χ1n) is 11.1. The summed E-state index contributed by atoms with van der Waals surface area (Å²) >= 11 is 0. The number of aryl methyl sites for hydroxylation is 2. The van der Waals surface area contributed by atoms with Crippen LogP contribution in [-0.4, -0.2) is 16.4 Å². The van der Waals surface area contributed by atoms with E-state index in [0.717, 1.165) is 34.8 Å². The molecule has 1 unspecified atom stereocenters. The van der Waals surface area contributed by atoms with E-state index in [9.17, 15) is 0 Å². The van der Waals surface area contributed by atoms with Gasteiger partial charge in [0.15, 0.2) is 6.17 Å². The van der Waals surface area contributed by atoms with Gasteiger partial charge in [-0.05, 0) is 61.2 Å². The lowest BCUT2D eigenvalue weighted by Crippen LogP contribution is -2.26. The first-order valence-corrected chi connectivity index (χ1v) is 11.1. The Balaban J connectivity index is 1.68. The van der Waals surface area contributed by atoms with Gasteiger partial charge in [0, 0.05) is 16.8 Å². The van der Waals surface area contributed by atoms with Crippen molar-refractivity contribution in [2.24, 2.45) is 5.92 Å². The van der Waals surface area contributed by atoms with Gasteiger partial charge in [0.2, 0.25) is 0 Å². The minimum absolute atomic E-state index is 0.140. The number of anilines is 1. The zero-order chi connectivity index (χ0) is 21.5. The van der Waals surface area contributed by atoms with Crippen LogP contribution in [0.4, 0.5) is 5.69 Å². The van der Waals surface area contributed by atoms with Crippen LogP contribution >= 0.6 is 0 Å². The second-order valence-electron chi connectivity index (χ2n) is 8.94. The minimum Gasteiger partial charge on any atom is -0.493 e. The van der Waals surface area contributed by atoms with E-state index < -0.39 is 0 Å². The third-order valence-corrected chi connectivity index (χ3v) is 6.00. The Morgan fingerprint density at radius 2 is 1.87 bits per heavy atom. The fourth-order valence-corrected chi connectivity index (χ4v) is 4.40. The van der Waals surface area contributed by atoms with Crippen molar-refractivity contribution in [3.63, 3.8) is 0 Å². The van der Waals surface area contributed by atoms with Crippen LogP contribution in [0.3, 0.4) is 0 Å². The number of nitrogens with one attached hydrogen (secondary N) is 1. The second-order valence-corrected chi connectivity index (χ2v) is 8.94. The van der Waals surface area contributed by atoms with Crippen LogP contribution in [-0.2, 0) is 0 Å². The molecular formula is C27H29N3O. The summed E-state index contributed by atoms with van der Waals surface area (Å²) in [6.45, 7) is 9.35. The Morgan fingerprint density at radius 1 is 1.03 bits per heavy atom. The molecule has 0 radical (unpaired) electrons. The number of aromatic nitrogens is 2. The monoisotopic (exact) mass is 411 g/mol. The van der Waals surface area contributed by atoms with E-state index in [2.05, 4.69) is 98.4 Å². The van der Waals surface area contributed by atoms with Crippen LogP contribution < -0.4 is 10.1 Å². The van der Waals surface area contributed by atoms with Crippen molar-refractivity contribution in [2.45, 2.75) is 40.3 Å². The minimum atomic E-state index is -0.140. The summed E-state index contributed by atoms with van der Waals surface area (Å²) in [5, 5.41) is 11.1. The van der Waals surface area contributed by atoms with E-state index in [1.54, 1.807) is 0 Å². The maximum Gasteiger partial charge on any atom is 0.151 e. The van der Waals surface area contributed by atoms with Crippen molar-refractivity contribution >= 4 is 16.5 Å². The number of ether oxygens (including phenoxy) is 1. The van der Waals surface area contributed by atoms with Gasteiger partial charge in [-0.1, -0.05) is 55.8 Å². The van der Waals surface area contributed by atoms with Gasteiger partial charge in [-0.3, -0.25) is 0 Å². The molecule has 31 heavy (non-hydrogen) atoms. The van der Waals surface area contributed by atoms with Gasteiger partial charge in [-0.25, -0.2) is 4.68 Å². The summed E-state index contributed by atoms with van der Waals surface area (Å²) < 4.78 is 8.48. The summed E-state index contributed by atoms with van der Waals surface area (Å²) in [5.41, 5.74) is 6.85. The molecule has 2 heterocycles. The number of rotatable bonds is 5. The zero-order valence-electron chi connectivity index (χ0n) is 18.6. The van der Waals surface area contributed by atoms with E-state index >= 15 is 0 Å². The molecule has 4 aromatic rings. The third-order valence-electron chi connectivity index (χ3n) is 6.00. The number of fused-ring (bicyclic) bond motifs is 4. The fraction of sp³-hybridized carbons (Fsp3) is 0.296. The summed E-state index contributed by atoms with van der Waals surface area (Å²) in [6.07, 6.45) is 0.887. The Hall–Kier alpha value is -3.27. The smallest absolute Gasteiger partial charge is 0.151 e. The van der Waals surface area contributed by atoms with Crippen molar-refractivity contribution in [1.29, 1.82) is 0 Å². The predicted molar refractivity (Wildman–Crippen MR) is 128 cm³/mol. The molecule has 158 valence electrons. The summed E-state index contributed by atoms with van der Waals surface area (Å²) in [7, 11) is 0. The van der Waals surface area contributed by atoms with Crippen molar-refractivity contribution in [3.05, 3.63) is 77.5 Å². The largest absolute Gasteiger partial charge is 0.493 e. The Kier molecular flexibility index (Phi) is 4.93. The van der Waals surface area contributed by atoms with Crippen molar-refractivity contribution in [1.82, 2.24) is 9.78 Å². The molecule has 1 atom stereocenters. The number of hydrogen-bond acceptors (Lipinski definition) is 3. The predicted octanol–water partition coefficient (Wildman–Crippen LogP) is 6.72. The molecule has 0 spiro atoms. The molecule has 1 aliphatic heterocycles. The molecular weight excluding hydrogens is 382 g/mol. The molecule has 1 aromatic heterocycles. The van der Waals surface area contributed by atoms with E-state index in [0.29, 0.717) is 12.5 Å². The van der Waals surface area contributed by atoms with Gasteiger partial charge >= 0.3 is 0 Å². The zero-order valence-corrected chi connectivity index (χ0v) is 18.6. The molecule has 4 heteroatoms. The Morgan fingerprint density at radius 3 is 2.71 bits per heavy atom. The van der Waals surface area contributed by atoms with Crippen LogP contribution in [0, 0.1) is 19.8 Å². The fourth-order valence-electron chi connectivity index (χ4n) is 4.40. The maximum absolute atomic E-state index is 6.36. The van der Waals surface area contributed by atoms with Crippen LogP contribution in [0.5, 0.6) is 5.75 Å². The molecule has 0 amide bonds. The molecule has 0 fully saturated rings. The van der Waals surface area contributed by atoms with Crippen molar-refractivity contribution in [2.75, 3.05) is 11.9 Å². The molecule has 4 nitrogen and oxygen atoms in total. The molecule has 0 saturated carbocycles. The topological polar surface area (TPSA) is 39.1 Å². The van der Waals surface area contributed by atoms with E-state index in [1.807, 2.05) is 0 Å². The quantitative estimate of drug-likeness (QED) is 0.396. The molecule has 1 aliphatic rings. The van der Waals surface area contributed by atoms with Gasteiger partial charge < -0.3 is 10.1 Å². The van der Waals surface area contributed by atoms with Crippen molar-refractivity contribution in [3.8, 4) is 17.0 Å². The molecule has 1 N–H and O–H groups in total. The lowest BCUT2D eigenvalue weighted by molar-refractivity contribution is 0.285. The highest BCUT2D eigenvalue weighted by Gasteiger charge is 2.30. The first-order chi connectivity index (χ1) is 15.0. The standard InChI is InChI=1S/C27H29N3O/c1-17(2)13-14-31-25-12-10-20-7-5-6-8-21(20)26(25)27-28-23-11-9-18(3)15-22(23)24-16-19(4)29-30(24)27/h5-12,15-17,27-28H,13-14H2,1-4H3. The number of hydrogen-bond donors (Lipinski definition) is 1. The van der Waals surface area contributed by atoms with Gasteiger partial charge in [-0.2, -0.15) is 5.10 Å². The highest BCUT2D eigenvalue weighted by Crippen LogP contribution is 2.43. The number of benzene rings is 3. The molecule has 3 aromatic carbocycles. The van der Waals surface area contributed by atoms with Gasteiger partial charge in [0.1, 0.15) is 5.75 Å². The average molecular weight is 412 g/mol. The van der Waals surface area contributed by atoms with Crippen LogP contribution in [0.1, 0.15) is 43.3 Å². The van der Waals surface area contributed by atoms with E-state index in [4.69, 9.17) is 9.84 Å². The average Bonchev–Trinajstić information content (AvgIpc) is 3.15. The van der Waals surface area contributed by atoms with Crippen LogP contribution in [0.2, 0.25) is 0 Å². The molecule has 0 saturated heterocycles. The van der Waals surface area contributed by atoms with Crippen molar-refractivity contribution < 1.29 is 4.74 Å². The van der Waals surface area contributed by atoms with Gasteiger partial charge in [0.25, 0.3) is 0 Å². The molecule has 0 bridgehead atoms. The summed E-state index contributed by atoms with van der Waals surface area (Å²) in [6, 6.07) is 21.5. The second kappa shape index (κ2) is 7.77. The summed E-state index contributed by atoms with van der Waals surface area (Å²) in [4.78, 5) is 0. The summed E-state index contributed by atoms with van der Waals surface area (Å²) in [5.74, 6) is 1.53. The van der Waals surface area contributed by atoms with Crippen LogP contribution in [0.25, 0.3) is 22.0 Å². The third kappa shape index (κ3) is 3.56. The van der Waals surface area contributed by atoms with E-state index in [-0.39, 0.29) is 6.17 Å². The van der Waals surface area contributed by atoms with Gasteiger partial charge in [-0.15, -0.1) is 0 Å². The van der Waals surface area contributed by atoms with E-state index in [1.165, 1.54) is 21.9 Å². The maximum atomic E-state index is 6.36. The lowest BCUT2D eigenvalue weighted by atomic mass is 9.97.